The fraction of sp³-hybridized carbons (Fsp3) is 0.176. The maximum atomic E-state index is 11.0. The number of nitro benzene ring substituents is 1. The number of ether oxygens (including phenoxy) is 1. The molecule has 0 unspecified atom stereocenters. The summed E-state index contributed by atoms with van der Waals surface area (Å²) in [5, 5.41) is 15.3. The number of fused-ring (bicyclic) bond motifs is 1. The Labute approximate surface area is 133 Å². The van der Waals surface area contributed by atoms with Crippen molar-refractivity contribution in [2.75, 3.05) is 19.0 Å². The van der Waals surface area contributed by atoms with Crippen LogP contribution in [0.15, 0.2) is 48.7 Å². The number of hydrogen-bond donors (Lipinski definition) is 2. The minimum atomic E-state index is -0.376. The second-order valence-corrected chi connectivity index (χ2v) is 5.18. The van der Waals surface area contributed by atoms with E-state index in [1.54, 1.807) is 25.3 Å². The fourth-order valence-electron chi connectivity index (χ4n) is 2.61. The zero-order chi connectivity index (χ0) is 16.2. The SMILES string of the molecule is COc1ccc2[nH]cc(CCNc3ccccc3[N+](=O)[O-])c2c1. The Bertz CT molecular complexity index is 842. The lowest BCUT2D eigenvalue weighted by Gasteiger charge is -2.07. The van der Waals surface area contributed by atoms with Gasteiger partial charge in [-0.1, -0.05) is 12.1 Å². The molecule has 0 amide bonds. The van der Waals surface area contributed by atoms with Gasteiger partial charge in [-0.3, -0.25) is 10.1 Å². The number of H-pyrrole nitrogens is 1. The molecule has 23 heavy (non-hydrogen) atoms. The second kappa shape index (κ2) is 6.39. The van der Waals surface area contributed by atoms with E-state index in [2.05, 4.69) is 10.3 Å². The van der Waals surface area contributed by atoms with Gasteiger partial charge in [-0.25, -0.2) is 0 Å². The fourth-order valence-corrected chi connectivity index (χ4v) is 2.61. The van der Waals surface area contributed by atoms with E-state index in [1.165, 1.54) is 6.07 Å². The van der Waals surface area contributed by atoms with Gasteiger partial charge in [-0.15, -0.1) is 0 Å². The number of nitrogens with one attached hydrogen (secondary N) is 2. The van der Waals surface area contributed by atoms with E-state index in [-0.39, 0.29) is 10.6 Å². The molecule has 2 N–H and O–H groups in total. The van der Waals surface area contributed by atoms with Gasteiger partial charge in [0.05, 0.1) is 12.0 Å². The Morgan fingerprint density at radius 1 is 1.26 bits per heavy atom. The molecule has 0 radical (unpaired) electrons. The van der Waals surface area contributed by atoms with Gasteiger partial charge in [-0.05, 0) is 36.2 Å². The zero-order valence-electron chi connectivity index (χ0n) is 12.7. The van der Waals surface area contributed by atoms with Crippen molar-refractivity contribution in [3.63, 3.8) is 0 Å². The number of hydrogen-bond acceptors (Lipinski definition) is 4. The number of nitro groups is 1. The van der Waals surface area contributed by atoms with E-state index in [0.29, 0.717) is 12.2 Å². The molecule has 6 nitrogen and oxygen atoms in total. The summed E-state index contributed by atoms with van der Waals surface area (Å²) in [6, 6.07) is 12.5. The molecule has 3 aromatic rings. The highest BCUT2D eigenvalue weighted by molar-refractivity contribution is 5.84. The molecule has 1 heterocycles. The van der Waals surface area contributed by atoms with E-state index in [0.717, 1.165) is 28.6 Å². The number of anilines is 1. The average molecular weight is 311 g/mol. The van der Waals surface area contributed by atoms with Crippen LogP contribution in [0.25, 0.3) is 10.9 Å². The van der Waals surface area contributed by atoms with Gasteiger partial charge < -0.3 is 15.0 Å². The average Bonchev–Trinajstić information content (AvgIpc) is 2.97. The largest absolute Gasteiger partial charge is 0.497 e. The summed E-state index contributed by atoms with van der Waals surface area (Å²) in [4.78, 5) is 13.9. The van der Waals surface area contributed by atoms with E-state index in [9.17, 15) is 10.1 Å². The van der Waals surface area contributed by atoms with Crippen LogP contribution >= 0.6 is 0 Å². The third-order valence-electron chi connectivity index (χ3n) is 3.79. The van der Waals surface area contributed by atoms with Gasteiger partial charge in [0.15, 0.2) is 0 Å². The minimum absolute atomic E-state index is 0.0908. The topological polar surface area (TPSA) is 80.2 Å². The Balaban J connectivity index is 1.73. The van der Waals surface area contributed by atoms with Crippen LogP contribution in [0.2, 0.25) is 0 Å². The maximum Gasteiger partial charge on any atom is 0.292 e. The van der Waals surface area contributed by atoms with Crippen molar-refractivity contribution in [1.82, 2.24) is 4.98 Å². The molecule has 0 aliphatic heterocycles. The molecule has 118 valence electrons. The van der Waals surface area contributed by atoms with Gasteiger partial charge in [0.1, 0.15) is 11.4 Å². The van der Waals surface area contributed by atoms with Crippen molar-refractivity contribution < 1.29 is 9.66 Å². The highest BCUT2D eigenvalue weighted by atomic mass is 16.6. The molecule has 0 bridgehead atoms. The highest BCUT2D eigenvalue weighted by Crippen LogP contribution is 2.25. The minimum Gasteiger partial charge on any atom is -0.497 e. The van der Waals surface area contributed by atoms with Crippen LogP contribution in [-0.2, 0) is 6.42 Å². The van der Waals surface area contributed by atoms with Crippen molar-refractivity contribution in [3.8, 4) is 5.75 Å². The molecular weight excluding hydrogens is 294 g/mol. The lowest BCUT2D eigenvalue weighted by atomic mass is 10.1. The third-order valence-corrected chi connectivity index (χ3v) is 3.79. The number of nitrogens with zero attached hydrogens (tertiary/aromatic N) is 1. The van der Waals surface area contributed by atoms with Gasteiger partial charge in [0, 0.05) is 29.7 Å². The van der Waals surface area contributed by atoms with Crippen molar-refractivity contribution >= 4 is 22.3 Å². The molecule has 0 spiro atoms. The molecule has 0 fully saturated rings. The van der Waals surface area contributed by atoms with Crippen LogP contribution in [0.5, 0.6) is 5.75 Å². The number of aromatic nitrogens is 1. The molecule has 6 heteroatoms. The van der Waals surface area contributed by atoms with Crippen molar-refractivity contribution in [2.24, 2.45) is 0 Å². The smallest absolute Gasteiger partial charge is 0.292 e. The normalized spacial score (nSPS) is 10.7. The van der Waals surface area contributed by atoms with Crippen LogP contribution < -0.4 is 10.1 Å². The molecule has 0 aliphatic rings. The molecular formula is C17H17N3O3. The van der Waals surface area contributed by atoms with Crippen LogP contribution in [0, 0.1) is 10.1 Å². The molecule has 0 atom stereocenters. The summed E-state index contributed by atoms with van der Waals surface area (Å²) >= 11 is 0. The summed E-state index contributed by atoms with van der Waals surface area (Å²) < 4.78 is 5.26. The summed E-state index contributed by atoms with van der Waals surface area (Å²) in [6.45, 7) is 0.606. The molecule has 0 saturated carbocycles. The van der Waals surface area contributed by atoms with Gasteiger partial charge >= 0.3 is 0 Å². The predicted molar refractivity (Wildman–Crippen MR) is 90.1 cm³/mol. The van der Waals surface area contributed by atoms with E-state index >= 15 is 0 Å². The summed E-state index contributed by atoms with van der Waals surface area (Å²) in [5.74, 6) is 0.810. The van der Waals surface area contributed by atoms with Gasteiger partial charge in [0.25, 0.3) is 5.69 Å². The monoisotopic (exact) mass is 311 g/mol. The number of methoxy groups -OCH3 is 1. The first kappa shape index (κ1) is 14.9. The van der Waals surface area contributed by atoms with E-state index in [1.807, 2.05) is 24.4 Å². The third kappa shape index (κ3) is 3.11. The molecule has 2 aromatic carbocycles. The van der Waals surface area contributed by atoms with Crippen LogP contribution in [0.4, 0.5) is 11.4 Å². The quantitative estimate of drug-likeness (QED) is 0.537. The van der Waals surface area contributed by atoms with Crippen LogP contribution in [0.1, 0.15) is 5.56 Å². The first-order valence-electron chi connectivity index (χ1n) is 7.30. The standard InChI is InChI=1S/C17H17N3O3/c1-23-13-6-7-15-14(10-13)12(11-19-15)8-9-18-16-4-2-3-5-17(16)20(21)22/h2-7,10-11,18-19H,8-9H2,1H3. The van der Waals surface area contributed by atoms with Crippen molar-refractivity contribution in [2.45, 2.75) is 6.42 Å². The van der Waals surface area contributed by atoms with Crippen LogP contribution in [0.3, 0.4) is 0 Å². The Morgan fingerprint density at radius 2 is 2.09 bits per heavy atom. The molecule has 1 aromatic heterocycles. The molecule has 0 aliphatic carbocycles. The Hall–Kier alpha value is -3.02. The lowest BCUT2D eigenvalue weighted by Crippen LogP contribution is -2.06. The van der Waals surface area contributed by atoms with Crippen molar-refractivity contribution in [3.05, 3.63) is 64.3 Å². The number of benzene rings is 2. The summed E-state index contributed by atoms with van der Waals surface area (Å²) in [5.41, 5.74) is 2.82. The van der Waals surface area contributed by atoms with Crippen molar-refractivity contribution in [1.29, 1.82) is 0 Å². The first-order valence-corrected chi connectivity index (χ1v) is 7.30. The predicted octanol–water partition coefficient (Wildman–Crippen LogP) is 3.74. The lowest BCUT2D eigenvalue weighted by molar-refractivity contribution is -0.384. The Morgan fingerprint density at radius 3 is 2.87 bits per heavy atom. The zero-order valence-corrected chi connectivity index (χ0v) is 12.7. The first-order chi connectivity index (χ1) is 11.2. The molecule has 3 rings (SSSR count). The second-order valence-electron chi connectivity index (χ2n) is 5.18. The van der Waals surface area contributed by atoms with Gasteiger partial charge in [-0.2, -0.15) is 0 Å². The van der Waals surface area contributed by atoms with E-state index in [4.69, 9.17) is 4.74 Å². The number of aromatic amines is 1. The highest BCUT2D eigenvalue weighted by Gasteiger charge is 2.12. The van der Waals surface area contributed by atoms with E-state index < -0.39 is 0 Å². The maximum absolute atomic E-state index is 11.0. The number of rotatable bonds is 6. The number of para-hydroxylation sites is 2. The van der Waals surface area contributed by atoms with Gasteiger partial charge in [0.2, 0.25) is 0 Å². The summed E-state index contributed by atoms with van der Waals surface area (Å²) in [6.07, 6.45) is 2.71. The summed E-state index contributed by atoms with van der Waals surface area (Å²) in [7, 11) is 1.64. The Kier molecular flexibility index (Phi) is 4.14. The van der Waals surface area contributed by atoms with Crippen LogP contribution in [-0.4, -0.2) is 23.6 Å². The molecule has 0 saturated heterocycles.